The molecule has 2 rings (SSSR count). The van der Waals surface area contributed by atoms with Crippen LogP contribution in [0.15, 0.2) is 0 Å². The van der Waals surface area contributed by atoms with Crippen LogP contribution in [-0.2, 0) is 19.1 Å². The Morgan fingerprint density at radius 1 is 1.14 bits per heavy atom. The number of halogens is 2. The van der Waals surface area contributed by atoms with E-state index in [-0.39, 0.29) is 18.4 Å². The number of methoxy groups -OCH3 is 1. The molecule has 10 nitrogen and oxygen atoms in total. The molecule has 13 heteroatoms. The number of carbonyl (C=O) groups excluding carboxylic acids is 4. The molecule has 1 saturated heterocycles. The molecule has 0 radical (unpaired) electrons. The number of alkyl halides is 2. The second-order valence-corrected chi connectivity index (χ2v) is 11.9. The van der Waals surface area contributed by atoms with Gasteiger partial charge < -0.3 is 30.7 Å². The molecule has 1 aliphatic carbocycles. The number of likely N-dealkylation sites (tertiary alicyclic amines) is 1. The van der Waals surface area contributed by atoms with Gasteiger partial charge in [0.25, 0.3) is 5.91 Å². The van der Waals surface area contributed by atoms with Crippen LogP contribution in [0.5, 0.6) is 0 Å². The number of rotatable bonds is 9. The number of alkyl carbamates (subject to hydrolysis) is 1. The molecule has 0 aromatic rings. The summed E-state index contributed by atoms with van der Waals surface area (Å²) in [7, 11) is 2.43. The first-order chi connectivity index (χ1) is 16.9. The second kappa shape index (κ2) is 11.7. The molecule has 6 atom stereocenters. The van der Waals surface area contributed by atoms with E-state index < -0.39 is 71.1 Å². The maximum Gasteiger partial charge on any atom is 0.407 e. The second-order valence-electron chi connectivity index (χ2n) is 11.2. The van der Waals surface area contributed by atoms with Crippen LogP contribution in [0.3, 0.4) is 0 Å². The number of amides is 4. The fourth-order valence-electron chi connectivity index (χ4n) is 5.23. The number of nitrogens with one attached hydrogen (secondary N) is 3. The predicted octanol–water partition coefficient (Wildman–Crippen LogP) is 1.67. The number of fused-ring (bicyclic) bond motifs is 1. The SMILES string of the molecule is CNC(=O)[C@@](O)(S)[C@H](CCC(C)(F)F)NC(=O)[C@@H]1[C@H]2CCC[C@H]2CN1C(=O)[C@@H](NC(=O)OC)C(C)(C)C. The normalized spacial score (nSPS) is 24.9. The zero-order valence-corrected chi connectivity index (χ0v) is 23.2. The fraction of sp³-hybridized carbons (Fsp3) is 0.833. The Morgan fingerprint density at radius 2 is 1.76 bits per heavy atom. The Bertz CT molecular complexity index is 876. The van der Waals surface area contributed by atoms with Gasteiger partial charge in [0, 0.05) is 20.0 Å². The zero-order valence-electron chi connectivity index (χ0n) is 22.3. The molecular weight excluding hydrogens is 510 g/mol. The first-order valence-corrected chi connectivity index (χ1v) is 12.9. The van der Waals surface area contributed by atoms with Crippen LogP contribution in [0.1, 0.15) is 59.8 Å². The van der Waals surface area contributed by atoms with Crippen molar-refractivity contribution in [3.63, 3.8) is 0 Å². The third-order valence-electron chi connectivity index (χ3n) is 7.24. The van der Waals surface area contributed by atoms with E-state index in [0.717, 1.165) is 12.8 Å². The van der Waals surface area contributed by atoms with Gasteiger partial charge in [0.15, 0.2) is 0 Å². The molecule has 1 saturated carbocycles. The third kappa shape index (κ3) is 7.46. The molecule has 4 N–H and O–H groups in total. The number of thiol groups is 1. The highest BCUT2D eigenvalue weighted by molar-refractivity contribution is 7.82. The highest BCUT2D eigenvalue weighted by Crippen LogP contribution is 2.43. The van der Waals surface area contributed by atoms with E-state index in [1.54, 1.807) is 20.8 Å². The van der Waals surface area contributed by atoms with Gasteiger partial charge in [-0.3, -0.25) is 14.4 Å². The highest BCUT2D eigenvalue weighted by atomic mass is 32.1. The summed E-state index contributed by atoms with van der Waals surface area (Å²) in [5.41, 5.74) is -0.718. The van der Waals surface area contributed by atoms with Gasteiger partial charge in [0.05, 0.1) is 13.2 Å². The Labute approximate surface area is 222 Å². The van der Waals surface area contributed by atoms with Crippen LogP contribution >= 0.6 is 12.6 Å². The number of aliphatic hydroxyl groups is 1. The van der Waals surface area contributed by atoms with Gasteiger partial charge in [-0.2, -0.15) is 0 Å². The third-order valence-corrected chi connectivity index (χ3v) is 7.75. The summed E-state index contributed by atoms with van der Waals surface area (Å²) in [6.07, 6.45) is 0.404. The molecule has 1 aliphatic heterocycles. The monoisotopic (exact) mass is 550 g/mol. The molecule has 37 heavy (non-hydrogen) atoms. The minimum Gasteiger partial charge on any atom is -0.453 e. The van der Waals surface area contributed by atoms with E-state index in [1.165, 1.54) is 19.1 Å². The summed E-state index contributed by atoms with van der Waals surface area (Å²) in [4.78, 5) is 50.6. The largest absolute Gasteiger partial charge is 0.453 e. The lowest BCUT2D eigenvalue weighted by molar-refractivity contribution is -0.144. The van der Waals surface area contributed by atoms with Crippen LogP contribution in [-0.4, -0.2) is 83.5 Å². The topological polar surface area (TPSA) is 137 Å². The predicted molar refractivity (Wildman–Crippen MR) is 135 cm³/mol. The summed E-state index contributed by atoms with van der Waals surface area (Å²) in [5.74, 6) is -5.37. The summed E-state index contributed by atoms with van der Waals surface area (Å²) < 4.78 is 32.0. The van der Waals surface area contributed by atoms with E-state index >= 15 is 0 Å². The number of carbonyl (C=O) groups is 4. The Balaban J connectivity index is 2.38. The molecular formula is C24H40F2N4O6S. The van der Waals surface area contributed by atoms with Crippen molar-refractivity contribution in [1.29, 1.82) is 0 Å². The van der Waals surface area contributed by atoms with Crippen molar-refractivity contribution in [2.24, 2.45) is 17.3 Å². The van der Waals surface area contributed by atoms with Crippen LogP contribution in [0.2, 0.25) is 0 Å². The van der Waals surface area contributed by atoms with Crippen LogP contribution in [0, 0.1) is 17.3 Å². The van der Waals surface area contributed by atoms with Crippen molar-refractivity contribution in [2.75, 3.05) is 20.7 Å². The highest BCUT2D eigenvalue weighted by Gasteiger charge is 2.53. The quantitative estimate of drug-likeness (QED) is 0.219. The number of hydrogen-bond donors (Lipinski definition) is 5. The summed E-state index contributed by atoms with van der Waals surface area (Å²) in [5, 5.41) is 18.1. The molecule has 4 amide bonds. The first-order valence-electron chi connectivity index (χ1n) is 12.4. The van der Waals surface area contributed by atoms with Gasteiger partial charge in [0.1, 0.15) is 12.1 Å². The molecule has 2 aliphatic rings. The van der Waals surface area contributed by atoms with E-state index in [1.807, 2.05) is 0 Å². The average Bonchev–Trinajstić information content (AvgIpc) is 3.38. The van der Waals surface area contributed by atoms with Crippen molar-refractivity contribution in [2.45, 2.75) is 88.8 Å². The first kappa shape index (κ1) is 31.1. The maximum atomic E-state index is 13.7. The lowest BCUT2D eigenvalue weighted by Gasteiger charge is -2.37. The molecule has 1 heterocycles. The lowest BCUT2D eigenvalue weighted by atomic mass is 9.85. The van der Waals surface area contributed by atoms with Gasteiger partial charge in [-0.1, -0.05) is 27.2 Å². The maximum absolute atomic E-state index is 13.7. The van der Waals surface area contributed by atoms with E-state index in [2.05, 4.69) is 33.3 Å². The Kier molecular flexibility index (Phi) is 9.83. The number of likely N-dealkylation sites (N-methyl/N-ethyl adjacent to an activating group) is 1. The molecule has 0 bridgehead atoms. The fourth-order valence-corrected chi connectivity index (χ4v) is 5.54. The van der Waals surface area contributed by atoms with Crippen molar-refractivity contribution in [3.05, 3.63) is 0 Å². The standard InChI is InChI=1S/C24H40F2N4O6S/c1-22(2,3)17(29-21(34)36-6)19(32)30-12-13-8-7-9-14(13)16(30)18(31)28-15(10-11-23(4,25)26)24(35,37)20(33)27-5/h13-17,35,37H,7-12H2,1-6H3,(H,27,33)(H,28,31)(H,29,34)/t13-,14-,15-,16-,17+,24-/m0/s1. The van der Waals surface area contributed by atoms with Gasteiger partial charge in [-0.25, -0.2) is 13.6 Å². The number of ether oxygens (including phenoxy) is 1. The molecule has 212 valence electrons. The van der Waals surface area contributed by atoms with Gasteiger partial charge >= 0.3 is 6.09 Å². The minimum absolute atomic E-state index is 0.0469. The zero-order chi connectivity index (χ0) is 28.3. The molecule has 0 aromatic heterocycles. The van der Waals surface area contributed by atoms with E-state index in [0.29, 0.717) is 13.3 Å². The van der Waals surface area contributed by atoms with Crippen molar-refractivity contribution >= 4 is 36.4 Å². The minimum atomic E-state index is -3.11. The van der Waals surface area contributed by atoms with Gasteiger partial charge in [0.2, 0.25) is 22.7 Å². The van der Waals surface area contributed by atoms with Crippen molar-refractivity contribution in [3.8, 4) is 0 Å². The van der Waals surface area contributed by atoms with Gasteiger partial charge in [-0.05, 0) is 43.4 Å². The molecule has 2 fully saturated rings. The molecule has 0 spiro atoms. The number of nitrogens with zero attached hydrogens (tertiary/aromatic N) is 1. The van der Waals surface area contributed by atoms with Crippen molar-refractivity contribution in [1.82, 2.24) is 20.9 Å². The summed E-state index contributed by atoms with van der Waals surface area (Å²) in [6.45, 7) is 6.29. The Morgan fingerprint density at radius 3 is 2.27 bits per heavy atom. The summed E-state index contributed by atoms with van der Waals surface area (Å²) in [6, 6.07) is -3.43. The van der Waals surface area contributed by atoms with Crippen LogP contribution in [0.25, 0.3) is 0 Å². The van der Waals surface area contributed by atoms with Crippen LogP contribution < -0.4 is 16.0 Å². The van der Waals surface area contributed by atoms with E-state index in [4.69, 9.17) is 0 Å². The number of hydrogen-bond acceptors (Lipinski definition) is 7. The summed E-state index contributed by atoms with van der Waals surface area (Å²) >= 11 is 4.00. The lowest BCUT2D eigenvalue weighted by Crippen LogP contribution is -2.62. The smallest absolute Gasteiger partial charge is 0.407 e. The van der Waals surface area contributed by atoms with Gasteiger partial charge in [-0.15, -0.1) is 12.6 Å². The van der Waals surface area contributed by atoms with E-state index in [9.17, 15) is 33.1 Å². The Hall–Kier alpha value is -2.15. The average molecular weight is 551 g/mol. The molecule has 0 aromatic carbocycles. The van der Waals surface area contributed by atoms with Crippen molar-refractivity contribution < 1.29 is 37.8 Å². The molecule has 0 unspecified atom stereocenters. The van der Waals surface area contributed by atoms with Crippen LogP contribution in [0.4, 0.5) is 13.6 Å².